The van der Waals surface area contributed by atoms with Crippen molar-refractivity contribution in [2.45, 2.75) is 45.1 Å². The van der Waals surface area contributed by atoms with E-state index in [0.29, 0.717) is 17.4 Å². The van der Waals surface area contributed by atoms with E-state index in [1.807, 2.05) is 6.92 Å². The quantitative estimate of drug-likeness (QED) is 0.831. The third kappa shape index (κ3) is 2.86. The van der Waals surface area contributed by atoms with Crippen LogP contribution in [0.15, 0.2) is 12.1 Å². The standard InChI is InChI=1S/C15H21FN2O2/c1-2-18(10-6-4-3-5-7-10)14-9-12(16)11(15(19)20)8-13(14)17/h8-10H,2-7,17H2,1H3,(H,19,20). The number of nitrogens with two attached hydrogens (primary N) is 1. The van der Waals surface area contributed by atoms with Crippen molar-refractivity contribution < 1.29 is 14.3 Å². The van der Waals surface area contributed by atoms with E-state index < -0.39 is 11.8 Å². The molecule has 0 bridgehead atoms. The van der Waals surface area contributed by atoms with Gasteiger partial charge >= 0.3 is 5.97 Å². The van der Waals surface area contributed by atoms with Crippen LogP contribution in [0.25, 0.3) is 0 Å². The van der Waals surface area contributed by atoms with Crippen LogP contribution >= 0.6 is 0 Å². The molecule has 1 fully saturated rings. The molecule has 0 amide bonds. The van der Waals surface area contributed by atoms with Crippen LogP contribution in [-0.4, -0.2) is 23.7 Å². The van der Waals surface area contributed by atoms with Crippen LogP contribution in [0, 0.1) is 5.82 Å². The van der Waals surface area contributed by atoms with E-state index in [2.05, 4.69) is 4.90 Å². The highest BCUT2D eigenvalue weighted by atomic mass is 19.1. The number of hydrogen-bond donors (Lipinski definition) is 2. The van der Waals surface area contributed by atoms with Crippen molar-refractivity contribution in [2.24, 2.45) is 0 Å². The third-order valence-corrected chi connectivity index (χ3v) is 4.01. The Morgan fingerprint density at radius 2 is 2.05 bits per heavy atom. The summed E-state index contributed by atoms with van der Waals surface area (Å²) in [6.07, 6.45) is 5.76. The molecule has 1 saturated carbocycles. The first-order valence-corrected chi connectivity index (χ1v) is 7.13. The van der Waals surface area contributed by atoms with Gasteiger partial charge < -0.3 is 15.7 Å². The molecule has 0 saturated heterocycles. The lowest BCUT2D eigenvalue weighted by Gasteiger charge is -2.36. The number of nitrogens with zero attached hydrogens (tertiary/aromatic N) is 1. The van der Waals surface area contributed by atoms with Crippen LogP contribution in [0.2, 0.25) is 0 Å². The first kappa shape index (κ1) is 14.6. The number of carbonyl (C=O) groups is 1. The van der Waals surface area contributed by atoms with E-state index in [0.717, 1.165) is 19.4 Å². The van der Waals surface area contributed by atoms with Gasteiger partial charge in [-0.25, -0.2) is 9.18 Å². The summed E-state index contributed by atoms with van der Waals surface area (Å²) in [7, 11) is 0. The minimum Gasteiger partial charge on any atom is -0.478 e. The zero-order valence-corrected chi connectivity index (χ0v) is 11.7. The summed E-state index contributed by atoms with van der Waals surface area (Å²) in [5.74, 6) is -2.02. The molecule has 1 aromatic rings. The van der Waals surface area contributed by atoms with Crippen LogP contribution in [0.1, 0.15) is 49.4 Å². The maximum atomic E-state index is 13.9. The molecule has 0 atom stereocenters. The lowest BCUT2D eigenvalue weighted by Crippen LogP contribution is -2.37. The molecular weight excluding hydrogens is 259 g/mol. The summed E-state index contributed by atoms with van der Waals surface area (Å²) in [4.78, 5) is 13.0. The zero-order chi connectivity index (χ0) is 14.7. The van der Waals surface area contributed by atoms with Crippen molar-refractivity contribution in [1.29, 1.82) is 0 Å². The monoisotopic (exact) mass is 280 g/mol. The smallest absolute Gasteiger partial charge is 0.338 e. The molecule has 2 rings (SSSR count). The van der Waals surface area contributed by atoms with Crippen molar-refractivity contribution in [3.05, 3.63) is 23.5 Å². The average Bonchev–Trinajstić information content (AvgIpc) is 2.44. The fourth-order valence-electron chi connectivity index (χ4n) is 3.01. The van der Waals surface area contributed by atoms with E-state index in [9.17, 15) is 9.18 Å². The van der Waals surface area contributed by atoms with Gasteiger partial charge in [0.1, 0.15) is 5.82 Å². The molecule has 0 radical (unpaired) electrons. The molecule has 3 N–H and O–H groups in total. The number of nitrogen functional groups attached to an aromatic ring is 1. The summed E-state index contributed by atoms with van der Waals surface area (Å²) in [5, 5.41) is 8.92. The third-order valence-electron chi connectivity index (χ3n) is 4.01. The highest BCUT2D eigenvalue weighted by Crippen LogP contribution is 2.32. The number of anilines is 2. The van der Waals surface area contributed by atoms with E-state index in [1.54, 1.807) is 0 Å². The normalized spacial score (nSPS) is 16.1. The molecule has 1 aliphatic carbocycles. The molecular formula is C15H21FN2O2. The molecule has 0 unspecified atom stereocenters. The Morgan fingerprint density at radius 3 is 2.60 bits per heavy atom. The minimum atomic E-state index is -1.29. The summed E-state index contributed by atoms with van der Waals surface area (Å²) >= 11 is 0. The molecule has 4 nitrogen and oxygen atoms in total. The van der Waals surface area contributed by atoms with Crippen molar-refractivity contribution in [3.8, 4) is 0 Å². The predicted octanol–water partition coefficient (Wildman–Crippen LogP) is 3.27. The van der Waals surface area contributed by atoms with Gasteiger partial charge in [0.15, 0.2) is 0 Å². The van der Waals surface area contributed by atoms with Gasteiger partial charge in [0, 0.05) is 18.7 Å². The molecule has 1 aliphatic rings. The van der Waals surface area contributed by atoms with Crippen LogP contribution in [0.4, 0.5) is 15.8 Å². The first-order valence-electron chi connectivity index (χ1n) is 7.13. The molecule has 5 heteroatoms. The maximum Gasteiger partial charge on any atom is 0.338 e. The molecule has 0 aromatic heterocycles. The molecule has 0 aliphatic heterocycles. The molecule has 1 aromatic carbocycles. The number of carboxylic acid groups (broad SMARTS) is 1. The lowest BCUT2D eigenvalue weighted by molar-refractivity contribution is 0.0692. The van der Waals surface area contributed by atoms with Gasteiger partial charge in [-0.1, -0.05) is 19.3 Å². The Balaban J connectivity index is 2.34. The van der Waals surface area contributed by atoms with Crippen LogP contribution in [0.3, 0.4) is 0 Å². The fraction of sp³-hybridized carbons (Fsp3) is 0.533. The summed E-state index contributed by atoms with van der Waals surface area (Å²) in [6.45, 7) is 2.75. The number of carboxylic acids is 1. The summed E-state index contributed by atoms with van der Waals surface area (Å²) in [6, 6.07) is 2.85. The van der Waals surface area contributed by atoms with E-state index in [1.165, 1.54) is 31.4 Å². The number of halogens is 1. The van der Waals surface area contributed by atoms with Gasteiger partial charge in [0.25, 0.3) is 0 Å². The second-order valence-electron chi connectivity index (χ2n) is 5.27. The Hall–Kier alpha value is -1.78. The van der Waals surface area contributed by atoms with Crippen LogP contribution in [-0.2, 0) is 0 Å². The van der Waals surface area contributed by atoms with E-state index in [4.69, 9.17) is 10.8 Å². The van der Waals surface area contributed by atoms with E-state index >= 15 is 0 Å². The Kier molecular flexibility index (Phi) is 4.47. The second kappa shape index (κ2) is 6.11. The van der Waals surface area contributed by atoms with Gasteiger partial charge in [-0.15, -0.1) is 0 Å². The largest absolute Gasteiger partial charge is 0.478 e. The zero-order valence-electron chi connectivity index (χ0n) is 11.7. The highest BCUT2D eigenvalue weighted by molar-refractivity contribution is 5.91. The molecule has 0 spiro atoms. The Bertz CT molecular complexity index is 499. The van der Waals surface area contributed by atoms with Gasteiger partial charge in [-0.2, -0.15) is 0 Å². The van der Waals surface area contributed by atoms with Crippen LogP contribution in [0.5, 0.6) is 0 Å². The van der Waals surface area contributed by atoms with Gasteiger partial charge in [-0.05, 0) is 25.8 Å². The van der Waals surface area contributed by atoms with E-state index in [-0.39, 0.29) is 5.56 Å². The first-order chi connectivity index (χ1) is 9.54. The SMILES string of the molecule is CCN(c1cc(F)c(C(=O)O)cc1N)C1CCCCC1. The van der Waals surface area contributed by atoms with Gasteiger partial charge in [0.05, 0.1) is 16.9 Å². The van der Waals surface area contributed by atoms with Crippen molar-refractivity contribution in [3.63, 3.8) is 0 Å². The number of aromatic carboxylic acids is 1. The minimum absolute atomic E-state index is 0.330. The number of rotatable bonds is 4. The average molecular weight is 280 g/mol. The number of benzene rings is 1. The summed E-state index contributed by atoms with van der Waals surface area (Å²) < 4.78 is 13.9. The second-order valence-corrected chi connectivity index (χ2v) is 5.27. The molecule has 110 valence electrons. The summed E-state index contributed by atoms with van der Waals surface area (Å²) in [5.41, 5.74) is 6.51. The molecule has 20 heavy (non-hydrogen) atoms. The van der Waals surface area contributed by atoms with Crippen LogP contribution < -0.4 is 10.6 Å². The van der Waals surface area contributed by atoms with Crippen molar-refractivity contribution in [1.82, 2.24) is 0 Å². The maximum absolute atomic E-state index is 13.9. The topological polar surface area (TPSA) is 66.6 Å². The van der Waals surface area contributed by atoms with Crippen molar-refractivity contribution >= 4 is 17.3 Å². The highest BCUT2D eigenvalue weighted by Gasteiger charge is 2.23. The fourth-order valence-corrected chi connectivity index (χ4v) is 3.01. The van der Waals surface area contributed by atoms with Gasteiger partial charge in [0.2, 0.25) is 0 Å². The number of hydrogen-bond acceptors (Lipinski definition) is 3. The van der Waals surface area contributed by atoms with Gasteiger partial charge in [-0.3, -0.25) is 0 Å². The Labute approximate surface area is 118 Å². The molecule has 0 heterocycles. The lowest BCUT2D eigenvalue weighted by atomic mass is 9.93. The predicted molar refractivity (Wildman–Crippen MR) is 77.7 cm³/mol. The van der Waals surface area contributed by atoms with Crippen molar-refractivity contribution in [2.75, 3.05) is 17.2 Å². The Morgan fingerprint density at radius 1 is 1.40 bits per heavy atom.